The third kappa shape index (κ3) is 3.08. The maximum Gasteiger partial charge on any atom is 0.392 e. The van der Waals surface area contributed by atoms with Crippen LogP contribution < -0.4 is 5.43 Å². The summed E-state index contributed by atoms with van der Waals surface area (Å²) in [6, 6.07) is 13.0. The average molecular weight is 360 g/mol. The molecular weight excluding hydrogens is 341 g/mol. The van der Waals surface area contributed by atoms with Crippen molar-refractivity contribution in [3.63, 3.8) is 0 Å². The van der Waals surface area contributed by atoms with Gasteiger partial charge in [0.25, 0.3) is 5.91 Å². The summed E-state index contributed by atoms with van der Waals surface area (Å²) in [7, 11) is 0. The SMILES string of the molecule is O=C(N/N=C\[C@@H]1C[C@@H]2C[C@@H]1[C@H](C(F)(F)F)C2)c1cccc2ccccc12. The maximum absolute atomic E-state index is 13.1. The van der Waals surface area contributed by atoms with Crippen molar-refractivity contribution in [1.29, 1.82) is 0 Å². The lowest BCUT2D eigenvalue weighted by Gasteiger charge is -2.28. The molecule has 26 heavy (non-hydrogen) atoms. The van der Waals surface area contributed by atoms with Crippen molar-refractivity contribution in [1.82, 2.24) is 5.43 Å². The van der Waals surface area contributed by atoms with Gasteiger partial charge in [-0.15, -0.1) is 0 Å². The molecule has 2 aliphatic carbocycles. The Kier molecular flexibility index (Phi) is 4.21. The van der Waals surface area contributed by atoms with Crippen LogP contribution in [-0.4, -0.2) is 18.3 Å². The first-order valence-corrected chi connectivity index (χ1v) is 8.81. The molecule has 0 spiro atoms. The number of nitrogens with one attached hydrogen (secondary N) is 1. The van der Waals surface area contributed by atoms with Crippen molar-refractivity contribution in [3.8, 4) is 0 Å². The van der Waals surface area contributed by atoms with Crippen LogP contribution in [0.2, 0.25) is 0 Å². The third-order valence-corrected chi connectivity index (χ3v) is 5.75. The molecule has 6 heteroatoms. The van der Waals surface area contributed by atoms with Crippen LogP contribution >= 0.6 is 0 Å². The van der Waals surface area contributed by atoms with E-state index >= 15 is 0 Å². The van der Waals surface area contributed by atoms with E-state index in [4.69, 9.17) is 0 Å². The van der Waals surface area contributed by atoms with Crippen molar-refractivity contribution in [2.75, 3.05) is 0 Å². The van der Waals surface area contributed by atoms with E-state index in [9.17, 15) is 18.0 Å². The number of halogens is 3. The normalized spacial score (nSPS) is 28.1. The van der Waals surface area contributed by atoms with Crippen LogP contribution in [-0.2, 0) is 0 Å². The van der Waals surface area contributed by atoms with E-state index in [1.807, 2.05) is 30.3 Å². The van der Waals surface area contributed by atoms with Crippen molar-refractivity contribution >= 4 is 22.9 Å². The zero-order valence-corrected chi connectivity index (χ0v) is 14.0. The van der Waals surface area contributed by atoms with Crippen LogP contribution in [0.5, 0.6) is 0 Å². The predicted octanol–water partition coefficient (Wildman–Crippen LogP) is 4.78. The van der Waals surface area contributed by atoms with E-state index < -0.39 is 18.0 Å². The molecule has 3 nitrogen and oxygen atoms in total. The van der Waals surface area contributed by atoms with Crippen LogP contribution in [0.15, 0.2) is 47.6 Å². The summed E-state index contributed by atoms with van der Waals surface area (Å²) in [5, 5.41) is 5.75. The summed E-state index contributed by atoms with van der Waals surface area (Å²) in [4.78, 5) is 12.4. The lowest BCUT2D eigenvalue weighted by Crippen LogP contribution is -2.33. The van der Waals surface area contributed by atoms with E-state index in [-0.39, 0.29) is 24.2 Å². The van der Waals surface area contributed by atoms with Gasteiger partial charge in [-0.1, -0.05) is 36.4 Å². The van der Waals surface area contributed by atoms with Crippen molar-refractivity contribution < 1.29 is 18.0 Å². The second-order valence-electron chi connectivity index (χ2n) is 7.29. The Morgan fingerprint density at radius 1 is 1.08 bits per heavy atom. The highest BCUT2D eigenvalue weighted by atomic mass is 19.4. The number of carbonyl (C=O) groups excluding carboxylic acids is 1. The summed E-state index contributed by atoms with van der Waals surface area (Å²) >= 11 is 0. The maximum atomic E-state index is 13.1. The molecule has 0 radical (unpaired) electrons. The zero-order chi connectivity index (χ0) is 18.3. The topological polar surface area (TPSA) is 41.5 Å². The number of alkyl halides is 3. The van der Waals surface area contributed by atoms with E-state index in [2.05, 4.69) is 10.5 Å². The Morgan fingerprint density at radius 2 is 1.85 bits per heavy atom. The minimum Gasteiger partial charge on any atom is -0.267 e. The lowest BCUT2D eigenvalue weighted by atomic mass is 9.81. The van der Waals surface area contributed by atoms with E-state index in [1.165, 1.54) is 6.21 Å². The molecule has 2 bridgehead atoms. The van der Waals surface area contributed by atoms with E-state index in [0.29, 0.717) is 12.0 Å². The van der Waals surface area contributed by atoms with Gasteiger partial charge in [0.2, 0.25) is 0 Å². The Hall–Kier alpha value is -2.37. The molecule has 2 saturated carbocycles. The Morgan fingerprint density at radius 3 is 2.62 bits per heavy atom. The predicted molar refractivity (Wildman–Crippen MR) is 93.8 cm³/mol. The van der Waals surface area contributed by atoms with Crippen LogP contribution in [0.3, 0.4) is 0 Å². The van der Waals surface area contributed by atoms with Crippen molar-refractivity contribution in [2.45, 2.75) is 25.4 Å². The van der Waals surface area contributed by atoms with Gasteiger partial charge in [-0.05, 0) is 53.9 Å². The molecule has 2 aromatic carbocycles. The highest BCUT2D eigenvalue weighted by Crippen LogP contribution is 2.56. The van der Waals surface area contributed by atoms with E-state index in [1.54, 1.807) is 12.1 Å². The number of nitrogens with zero attached hydrogens (tertiary/aromatic N) is 1. The molecule has 2 fully saturated rings. The molecule has 0 heterocycles. The first-order chi connectivity index (χ1) is 12.4. The number of fused-ring (bicyclic) bond motifs is 3. The molecule has 1 N–H and O–H groups in total. The molecule has 4 rings (SSSR count). The fraction of sp³-hybridized carbons (Fsp3) is 0.400. The lowest BCUT2D eigenvalue weighted by molar-refractivity contribution is -0.189. The molecule has 0 aliphatic heterocycles. The zero-order valence-electron chi connectivity index (χ0n) is 14.0. The van der Waals surface area contributed by atoms with Gasteiger partial charge < -0.3 is 0 Å². The van der Waals surface area contributed by atoms with E-state index in [0.717, 1.165) is 17.2 Å². The van der Waals surface area contributed by atoms with Gasteiger partial charge in [0.1, 0.15) is 0 Å². The standard InChI is InChI=1S/C20H19F3N2O/c21-20(22,23)18-10-12-8-14(17(18)9-12)11-24-25-19(26)16-7-3-5-13-4-1-2-6-15(13)16/h1-7,11-12,14,17-18H,8-10H2,(H,25,26)/b24-11-/t12-,14+,17+,18-/m1/s1. The molecule has 0 saturated heterocycles. The third-order valence-electron chi connectivity index (χ3n) is 5.75. The second kappa shape index (κ2) is 6.41. The molecule has 2 aromatic rings. The molecular formula is C20H19F3N2O. The molecule has 136 valence electrons. The average Bonchev–Trinajstić information content (AvgIpc) is 3.21. The number of rotatable bonds is 3. The van der Waals surface area contributed by atoms with Crippen LogP contribution in [0, 0.1) is 23.7 Å². The largest absolute Gasteiger partial charge is 0.392 e. The van der Waals surface area contributed by atoms with Gasteiger partial charge in [0.15, 0.2) is 0 Å². The number of hydrazone groups is 1. The molecule has 1 amide bonds. The minimum atomic E-state index is -4.14. The molecule has 2 aliphatic rings. The van der Waals surface area contributed by atoms with Gasteiger partial charge >= 0.3 is 6.18 Å². The Balaban J connectivity index is 1.45. The summed E-state index contributed by atoms with van der Waals surface area (Å²) in [5.41, 5.74) is 2.98. The number of benzene rings is 2. The van der Waals surface area contributed by atoms with Crippen molar-refractivity contribution in [2.24, 2.45) is 28.8 Å². The summed E-state index contributed by atoms with van der Waals surface area (Å²) < 4.78 is 39.3. The highest BCUT2D eigenvalue weighted by molar-refractivity contribution is 6.07. The summed E-state index contributed by atoms with van der Waals surface area (Å²) in [5.74, 6) is -2.08. The minimum absolute atomic E-state index is 0.122. The Bertz CT molecular complexity index is 856. The number of hydrogen-bond acceptors (Lipinski definition) is 2. The molecule has 0 aromatic heterocycles. The van der Waals surface area contributed by atoms with Gasteiger partial charge in [0, 0.05) is 11.8 Å². The molecule has 4 atom stereocenters. The van der Waals surface area contributed by atoms with Gasteiger partial charge in [-0.25, -0.2) is 5.43 Å². The fourth-order valence-corrected chi connectivity index (χ4v) is 4.63. The quantitative estimate of drug-likeness (QED) is 0.621. The van der Waals surface area contributed by atoms with Gasteiger partial charge in [0.05, 0.1) is 5.92 Å². The first-order valence-electron chi connectivity index (χ1n) is 8.81. The fourth-order valence-electron chi connectivity index (χ4n) is 4.63. The second-order valence-corrected chi connectivity index (χ2v) is 7.29. The Labute approximate surface area is 149 Å². The van der Waals surface area contributed by atoms with Gasteiger partial charge in [-0.2, -0.15) is 18.3 Å². The van der Waals surface area contributed by atoms with Crippen LogP contribution in [0.1, 0.15) is 29.6 Å². The summed E-state index contributed by atoms with van der Waals surface area (Å²) in [6.07, 6.45) is -1.06. The molecule has 0 unspecified atom stereocenters. The van der Waals surface area contributed by atoms with Crippen LogP contribution in [0.25, 0.3) is 10.8 Å². The van der Waals surface area contributed by atoms with Gasteiger partial charge in [-0.3, -0.25) is 4.79 Å². The smallest absolute Gasteiger partial charge is 0.267 e. The highest BCUT2D eigenvalue weighted by Gasteiger charge is 2.56. The number of hydrogen-bond donors (Lipinski definition) is 1. The monoisotopic (exact) mass is 360 g/mol. The number of amides is 1. The van der Waals surface area contributed by atoms with Crippen LogP contribution in [0.4, 0.5) is 13.2 Å². The van der Waals surface area contributed by atoms with Crippen molar-refractivity contribution in [3.05, 3.63) is 48.0 Å². The first kappa shape index (κ1) is 17.1. The summed E-state index contributed by atoms with van der Waals surface area (Å²) in [6.45, 7) is 0. The number of carbonyl (C=O) groups is 1.